The number of nitrogens with two attached hydrogens (primary N) is 1. The Bertz CT molecular complexity index is 2320. The van der Waals surface area contributed by atoms with E-state index in [4.69, 9.17) is 5.73 Å². The van der Waals surface area contributed by atoms with Gasteiger partial charge in [-0.2, -0.15) is 0 Å². The van der Waals surface area contributed by atoms with Gasteiger partial charge in [0.15, 0.2) is 23.1 Å². The Balaban J connectivity index is 2.44. The zero-order valence-electron chi connectivity index (χ0n) is 48.4. The van der Waals surface area contributed by atoms with Gasteiger partial charge < -0.3 is 52.7 Å². The van der Waals surface area contributed by atoms with Gasteiger partial charge in [-0.05, 0) is 118 Å². The fourth-order valence-electron chi connectivity index (χ4n) is 9.57. The third-order valence-electron chi connectivity index (χ3n) is 14.3. The van der Waals surface area contributed by atoms with E-state index in [0.717, 1.165) is 5.56 Å². The topological polar surface area (TPSA) is 338 Å². The minimum atomic E-state index is -1.51. The van der Waals surface area contributed by atoms with Gasteiger partial charge in [0.1, 0.15) is 17.5 Å². The van der Waals surface area contributed by atoms with Crippen LogP contribution in [0.1, 0.15) is 156 Å². The lowest BCUT2D eigenvalue weighted by atomic mass is 9.84. The number of aromatic hydroxyl groups is 2. The Morgan fingerprint density at radius 2 is 1.02 bits per heavy atom. The van der Waals surface area contributed by atoms with Crippen molar-refractivity contribution in [3.63, 3.8) is 0 Å². The zero-order chi connectivity index (χ0) is 60.1. The van der Waals surface area contributed by atoms with E-state index in [0.29, 0.717) is 37.8 Å². The van der Waals surface area contributed by atoms with Crippen molar-refractivity contribution < 1.29 is 68.4 Å². The van der Waals surface area contributed by atoms with Crippen LogP contribution in [0.3, 0.4) is 0 Å². The normalized spacial score (nSPS) is 14.8. The summed E-state index contributed by atoms with van der Waals surface area (Å²) in [7, 11) is 0. The first-order chi connectivity index (χ1) is 37.8. The van der Waals surface area contributed by atoms with Crippen molar-refractivity contribution in [1.82, 2.24) is 26.6 Å². The molecule has 9 atom stereocenters. The number of aliphatic carboxylic acids is 1. The van der Waals surface area contributed by atoms with E-state index in [2.05, 4.69) is 26.6 Å². The molecule has 0 aliphatic rings. The number of hydrogen-bond acceptors (Lipinski definition) is 14. The number of nitrogens with one attached hydrogen (secondary N) is 5. The molecule has 0 spiro atoms. The number of carbonyl (C=O) groups is 10. The molecule has 0 radical (unpaired) electrons. The Labute approximate surface area is 472 Å². The number of phenolic OH excluding ortho intramolecular Hbond substituents is 2. The summed E-state index contributed by atoms with van der Waals surface area (Å²) in [5, 5.41) is 53.5. The number of carboxylic acids is 1. The van der Waals surface area contributed by atoms with Crippen molar-refractivity contribution in [2.24, 2.45) is 47.2 Å². The second kappa shape index (κ2) is 36.7. The molecule has 0 bridgehead atoms. The predicted molar refractivity (Wildman–Crippen MR) is 303 cm³/mol. The minimum absolute atomic E-state index is 0.0485. The fourth-order valence-corrected chi connectivity index (χ4v) is 9.57. The summed E-state index contributed by atoms with van der Waals surface area (Å²) >= 11 is 0. The first-order valence-corrected chi connectivity index (χ1v) is 28.5. The Hall–Kier alpha value is -6.54. The highest BCUT2D eigenvalue weighted by Crippen LogP contribution is 2.26. The fraction of sp³-hybridized carbons (Fsp3) is 0.633. The maximum absolute atomic E-state index is 14.6. The summed E-state index contributed by atoms with van der Waals surface area (Å²) in [6.45, 7) is 14.3. The number of unbranched alkanes of at least 4 members (excludes halogenated alkanes) is 1. The van der Waals surface area contributed by atoms with Gasteiger partial charge in [-0.1, -0.05) is 85.6 Å². The zero-order valence-corrected chi connectivity index (χ0v) is 48.4. The van der Waals surface area contributed by atoms with Gasteiger partial charge >= 0.3 is 5.97 Å². The second-order valence-corrected chi connectivity index (χ2v) is 22.1. The Morgan fingerprint density at radius 1 is 0.525 bits per heavy atom. The molecule has 0 heterocycles. The molecule has 0 aromatic heterocycles. The van der Waals surface area contributed by atoms with Crippen LogP contribution in [0.5, 0.6) is 11.5 Å². The van der Waals surface area contributed by atoms with E-state index >= 15 is 0 Å². The maximum Gasteiger partial charge on any atom is 0.303 e. The lowest BCUT2D eigenvalue weighted by Gasteiger charge is -2.28. The van der Waals surface area contributed by atoms with Crippen LogP contribution >= 0.6 is 0 Å². The SMILES string of the molecule is CCCC(=O)N[C@@H](CCC(=O)O)C(=O)C[C@@H](CC(C)C)C(=O)N[C@@H](Cc1ccc(O)cc1)C(=O)C[C@@H](CCCCN)C(=O)N[C@@H](CO)C(=O)C[C@H](C(=O)N[C@@H](CC(C)C)C(=O)C[C@@H](Cc1ccc(O)cc1)C(=O)NCC)[C@@H](C)CC. The molecule has 2 rings (SSSR count). The monoisotopic (exact) mass is 1120 g/mol. The van der Waals surface area contributed by atoms with E-state index in [1.54, 1.807) is 45.0 Å². The van der Waals surface area contributed by atoms with Gasteiger partial charge in [0.2, 0.25) is 29.5 Å². The number of phenols is 2. The quantitative estimate of drug-likeness (QED) is 0.0383. The molecule has 20 heteroatoms. The number of hydrogen-bond donors (Lipinski definition) is 10. The first-order valence-electron chi connectivity index (χ1n) is 28.5. The summed E-state index contributed by atoms with van der Waals surface area (Å²) in [6, 6.07) is 7.29. The molecule has 11 N–H and O–H groups in total. The molecule has 0 aliphatic heterocycles. The van der Waals surface area contributed by atoms with E-state index < -0.39 is 127 Å². The number of carbonyl (C=O) groups excluding carboxylic acids is 9. The van der Waals surface area contributed by atoms with Gasteiger partial charge in [-0.25, -0.2) is 0 Å². The number of ketones is 4. The number of Topliss-reactive ketones (excluding diaryl/α,β-unsaturated/α-hetero) is 4. The smallest absolute Gasteiger partial charge is 0.303 e. The molecule has 2 aromatic carbocycles. The predicted octanol–water partition coefficient (Wildman–Crippen LogP) is 5.18. The first kappa shape index (κ1) is 69.6. The lowest BCUT2D eigenvalue weighted by Crippen LogP contribution is -2.50. The highest BCUT2D eigenvalue weighted by Gasteiger charge is 2.37. The summed E-state index contributed by atoms with van der Waals surface area (Å²) in [6.07, 6.45) is 0.491. The van der Waals surface area contributed by atoms with Crippen molar-refractivity contribution >= 4 is 58.6 Å². The number of carboxylic acid groups (broad SMARTS) is 1. The largest absolute Gasteiger partial charge is 0.508 e. The molecule has 80 heavy (non-hydrogen) atoms. The number of rotatable bonds is 41. The molecule has 0 fully saturated rings. The highest BCUT2D eigenvalue weighted by atomic mass is 16.4. The number of amides is 5. The van der Waals surface area contributed by atoms with Crippen LogP contribution < -0.4 is 32.3 Å². The van der Waals surface area contributed by atoms with E-state index in [1.807, 2.05) is 34.6 Å². The van der Waals surface area contributed by atoms with Gasteiger partial charge in [-0.3, -0.25) is 47.9 Å². The average Bonchev–Trinajstić information content (AvgIpc) is 3.40. The Kier molecular flexibility index (Phi) is 31.9. The van der Waals surface area contributed by atoms with Gasteiger partial charge in [0.05, 0.1) is 24.7 Å². The minimum Gasteiger partial charge on any atom is -0.508 e. The highest BCUT2D eigenvalue weighted by molar-refractivity contribution is 5.98. The third kappa shape index (κ3) is 25.7. The molecule has 0 aliphatic carbocycles. The van der Waals surface area contributed by atoms with E-state index in [9.17, 15) is 68.4 Å². The molecule has 2 aromatic rings. The van der Waals surface area contributed by atoms with Crippen LogP contribution in [0, 0.1) is 41.4 Å². The van der Waals surface area contributed by atoms with Crippen molar-refractivity contribution in [2.75, 3.05) is 19.7 Å². The standard InChI is InChI=1S/C60H92N6O14/c1-9-14-55(74)63-47(24-25-56(75)76)51(70)32-42(27-36(4)5)59(79)64-49(30-40-18-22-45(69)23-19-40)52(71)31-41(15-12-13-26-61)58(78)66-50(35-67)54(73)34-46(38(8)10-2)60(80)65-48(28-37(6)7)53(72)33-43(57(77)62-11-3)29-39-16-20-44(68)21-17-39/h16-23,36-38,41-43,46-50,67-69H,9-15,24-35,61H2,1-8H3,(H,62,77)(H,63,74)(H,64,79)(H,65,80)(H,66,78)(H,75,76)/t38-,41+,42+,43+,46-,47-,48-,49-,50-/m0/s1. The van der Waals surface area contributed by atoms with Crippen molar-refractivity contribution in [2.45, 2.75) is 182 Å². The lowest BCUT2D eigenvalue weighted by molar-refractivity contribution is -0.138. The average molecular weight is 1120 g/mol. The maximum atomic E-state index is 14.6. The van der Waals surface area contributed by atoms with Gasteiger partial charge in [0.25, 0.3) is 0 Å². The molecule has 20 nitrogen and oxygen atoms in total. The van der Waals surface area contributed by atoms with Crippen LogP contribution in [-0.4, -0.2) is 123 Å². The number of benzene rings is 2. The summed E-state index contributed by atoms with van der Waals surface area (Å²) in [4.78, 5) is 137. The van der Waals surface area contributed by atoms with Crippen molar-refractivity contribution in [3.8, 4) is 11.5 Å². The Morgan fingerprint density at radius 3 is 1.55 bits per heavy atom. The van der Waals surface area contributed by atoms with Crippen LogP contribution in [0.2, 0.25) is 0 Å². The summed E-state index contributed by atoms with van der Waals surface area (Å²) in [5.41, 5.74) is 7.07. The number of aliphatic hydroxyl groups is 1. The van der Waals surface area contributed by atoms with Gasteiger partial charge in [-0.15, -0.1) is 0 Å². The molecule has 0 unspecified atom stereocenters. The van der Waals surface area contributed by atoms with E-state index in [1.165, 1.54) is 24.3 Å². The molecule has 5 amide bonds. The molecule has 446 valence electrons. The molecule has 0 saturated carbocycles. The van der Waals surface area contributed by atoms with Crippen molar-refractivity contribution in [3.05, 3.63) is 59.7 Å². The van der Waals surface area contributed by atoms with Crippen molar-refractivity contribution in [1.29, 1.82) is 0 Å². The van der Waals surface area contributed by atoms with Crippen LogP contribution in [0.4, 0.5) is 0 Å². The van der Waals surface area contributed by atoms with Crippen LogP contribution in [0.15, 0.2) is 48.5 Å². The van der Waals surface area contributed by atoms with Crippen LogP contribution in [-0.2, 0) is 60.8 Å². The third-order valence-corrected chi connectivity index (χ3v) is 14.3. The van der Waals surface area contributed by atoms with Crippen LogP contribution in [0.25, 0.3) is 0 Å². The molecule has 0 saturated heterocycles. The summed E-state index contributed by atoms with van der Waals surface area (Å²) < 4.78 is 0. The molecular formula is C60H92N6O14. The van der Waals surface area contributed by atoms with Gasteiger partial charge in [0, 0.05) is 68.7 Å². The number of aliphatic hydroxyl groups excluding tert-OH is 1. The van der Waals surface area contributed by atoms with E-state index in [-0.39, 0.29) is 99.4 Å². The molecular weight excluding hydrogens is 1030 g/mol. The summed E-state index contributed by atoms with van der Waals surface area (Å²) in [5.74, 6) is -10.6. The second-order valence-electron chi connectivity index (χ2n) is 22.1.